The Labute approximate surface area is 101 Å². The van der Waals surface area contributed by atoms with E-state index in [-0.39, 0.29) is 17.9 Å². The Morgan fingerprint density at radius 2 is 1.89 bits per heavy atom. The SMILES string of the molecule is CCOC(=O)Oc1ccc(C(O)C(F)(F)F)cc1. The van der Waals surface area contributed by atoms with E-state index >= 15 is 0 Å². The number of alkyl halides is 3. The first-order chi connectivity index (χ1) is 8.34. The zero-order valence-electron chi connectivity index (χ0n) is 9.40. The molecule has 0 radical (unpaired) electrons. The molecule has 1 N–H and O–H groups in total. The maximum absolute atomic E-state index is 12.2. The minimum Gasteiger partial charge on any atom is -0.434 e. The lowest BCUT2D eigenvalue weighted by molar-refractivity contribution is -0.206. The molecule has 100 valence electrons. The highest BCUT2D eigenvalue weighted by Gasteiger charge is 2.39. The fourth-order valence-corrected chi connectivity index (χ4v) is 1.15. The highest BCUT2D eigenvalue weighted by atomic mass is 19.4. The van der Waals surface area contributed by atoms with Crippen LogP contribution in [-0.2, 0) is 4.74 Å². The van der Waals surface area contributed by atoms with E-state index in [2.05, 4.69) is 9.47 Å². The average Bonchev–Trinajstić information content (AvgIpc) is 2.28. The summed E-state index contributed by atoms with van der Waals surface area (Å²) in [5.74, 6) is 0.0339. The van der Waals surface area contributed by atoms with E-state index in [9.17, 15) is 18.0 Å². The Morgan fingerprint density at radius 1 is 1.33 bits per heavy atom. The van der Waals surface area contributed by atoms with Crippen molar-refractivity contribution in [3.63, 3.8) is 0 Å². The molecule has 0 saturated heterocycles. The first kappa shape index (κ1) is 14.3. The number of rotatable bonds is 3. The van der Waals surface area contributed by atoms with E-state index in [0.29, 0.717) is 0 Å². The summed E-state index contributed by atoms with van der Waals surface area (Å²) in [5.41, 5.74) is -0.335. The maximum Gasteiger partial charge on any atom is 0.513 e. The zero-order valence-corrected chi connectivity index (χ0v) is 9.40. The molecule has 0 amide bonds. The van der Waals surface area contributed by atoms with Crippen molar-refractivity contribution in [3.8, 4) is 5.75 Å². The van der Waals surface area contributed by atoms with E-state index < -0.39 is 18.4 Å². The van der Waals surface area contributed by atoms with Gasteiger partial charge in [0.05, 0.1) is 6.61 Å². The molecule has 1 atom stereocenters. The van der Waals surface area contributed by atoms with Crippen molar-refractivity contribution in [2.45, 2.75) is 19.2 Å². The van der Waals surface area contributed by atoms with Crippen LogP contribution in [0.5, 0.6) is 5.75 Å². The van der Waals surface area contributed by atoms with Gasteiger partial charge in [0, 0.05) is 0 Å². The molecule has 0 aliphatic carbocycles. The Bertz CT molecular complexity index is 400. The van der Waals surface area contributed by atoms with E-state index in [4.69, 9.17) is 5.11 Å². The molecule has 1 unspecified atom stereocenters. The molecule has 0 spiro atoms. The predicted molar refractivity (Wildman–Crippen MR) is 55.1 cm³/mol. The molecule has 0 aliphatic rings. The van der Waals surface area contributed by atoms with Gasteiger partial charge >= 0.3 is 12.3 Å². The Kier molecular flexibility index (Phi) is 4.55. The fourth-order valence-electron chi connectivity index (χ4n) is 1.15. The summed E-state index contributed by atoms with van der Waals surface area (Å²) >= 11 is 0. The maximum atomic E-state index is 12.2. The van der Waals surface area contributed by atoms with Crippen LogP contribution in [0.2, 0.25) is 0 Å². The summed E-state index contributed by atoms with van der Waals surface area (Å²) in [4.78, 5) is 10.9. The summed E-state index contributed by atoms with van der Waals surface area (Å²) < 4.78 is 45.7. The lowest BCUT2D eigenvalue weighted by Crippen LogP contribution is -2.20. The molecule has 0 aromatic heterocycles. The summed E-state index contributed by atoms with van der Waals surface area (Å²) in [6.45, 7) is 1.72. The zero-order chi connectivity index (χ0) is 13.8. The third-order valence-corrected chi connectivity index (χ3v) is 1.97. The molecule has 1 aromatic rings. The number of benzene rings is 1. The molecule has 0 heterocycles. The highest BCUT2D eigenvalue weighted by molar-refractivity contribution is 5.63. The second kappa shape index (κ2) is 5.72. The number of ether oxygens (including phenoxy) is 2. The van der Waals surface area contributed by atoms with E-state index in [1.807, 2.05) is 0 Å². The largest absolute Gasteiger partial charge is 0.513 e. The van der Waals surface area contributed by atoms with Crippen LogP contribution in [0.3, 0.4) is 0 Å². The molecular weight excluding hydrogens is 253 g/mol. The minimum absolute atomic E-state index is 0.0339. The lowest BCUT2D eigenvalue weighted by atomic mass is 10.1. The van der Waals surface area contributed by atoms with Crippen molar-refractivity contribution >= 4 is 6.16 Å². The first-order valence-corrected chi connectivity index (χ1v) is 5.04. The number of hydrogen-bond donors (Lipinski definition) is 1. The number of carbonyl (C=O) groups is 1. The summed E-state index contributed by atoms with van der Waals surface area (Å²) in [5, 5.41) is 8.96. The summed E-state index contributed by atoms with van der Waals surface area (Å²) in [7, 11) is 0. The van der Waals surface area contributed by atoms with Crippen molar-refractivity contribution in [2.24, 2.45) is 0 Å². The van der Waals surface area contributed by atoms with Gasteiger partial charge in [0.25, 0.3) is 0 Å². The van der Waals surface area contributed by atoms with Crippen LogP contribution < -0.4 is 4.74 Å². The fraction of sp³-hybridized carbons (Fsp3) is 0.364. The van der Waals surface area contributed by atoms with Crippen LogP contribution in [0.25, 0.3) is 0 Å². The van der Waals surface area contributed by atoms with Gasteiger partial charge < -0.3 is 14.6 Å². The van der Waals surface area contributed by atoms with Gasteiger partial charge in [0.1, 0.15) is 5.75 Å². The highest BCUT2D eigenvalue weighted by Crippen LogP contribution is 2.32. The Morgan fingerprint density at radius 3 is 2.33 bits per heavy atom. The predicted octanol–water partition coefficient (Wildman–Crippen LogP) is 2.82. The normalized spacial score (nSPS) is 12.9. The average molecular weight is 264 g/mol. The van der Waals surface area contributed by atoms with Gasteiger partial charge in [-0.05, 0) is 24.6 Å². The minimum atomic E-state index is -4.73. The molecule has 7 heteroatoms. The molecule has 1 rings (SSSR count). The summed E-state index contributed by atoms with van der Waals surface area (Å²) in [6, 6.07) is 4.32. The second-order valence-corrected chi connectivity index (χ2v) is 3.30. The number of hydrogen-bond acceptors (Lipinski definition) is 4. The molecule has 18 heavy (non-hydrogen) atoms. The van der Waals surface area contributed by atoms with Crippen molar-refractivity contribution in [1.29, 1.82) is 0 Å². The third kappa shape index (κ3) is 3.92. The number of halogens is 3. The molecule has 0 aliphatic heterocycles. The lowest BCUT2D eigenvalue weighted by Gasteiger charge is -2.14. The van der Waals surface area contributed by atoms with Gasteiger partial charge in [0.15, 0.2) is 6.10 Å². The van der Waals surface area contributed by atoms with Gasteiger partial charge in [-0.3, -0.25) is 0 Å². The Balaban J connectivity index is 2.71. The van der Waals surface area contributed by atoms with Crippen LogP contribution in [0.1, 0.15) is 18.6 Å². The van der Waals surface area contributed by atoms with Gasteiger partial charge in [-0.1, -0.05) is 12.1 Å². The van der Waals surface area contributed by atoms with E-state index in [1.54, 1.807) is 6.92 Å². The van der Waals surface area contributed by atoms with Crippen molar-refractivity contribution in [1.82, 2.24) is 0 Å². The van der Waals surface area contributed by atoms with Crippen LogP contribution >= 0.6 is 0 Å². The first-order valence-electron chi connectivity index (χ1n) is 5.04. The topological polar surface area (TPSA) is 55.8 Å². The standard InChI is InChI=1S/C11H11F3O4/c1-2-17-10(16)18-8-5-3-7(4-6-8)9(15)11(12,13)14/h3-6,9,15H,2H2,1H3. The van der Waals surface area contributed by atoms with Gasteiger partial charge in [-0.2, -0.15) is 13.2 Å². The molecule has 0 saturated carbocycles. The number of aliphatic hydroxyl groups excluding tert-OH is 1. The van der Waals surface area contributed by atoms with Crippen molar-refractivity contribution in [3.05, 3.63) is 29.8 Å². The van der Waals surface area contributed by atoms with Crippen LogP contribution in [0.4, 0.5) is 18.0 Å². The van der Waals surface area contributed by atoms with Gasteiger partial charge in [0.2, 0.25) is 0 Å². The molecule has 1 aromatic carbocycles. The summed E-state index contributed by atoms with van der Waals surface area (Å²) in [6.07, 6.45) is -8.24. The quantitative estimate of drug-likeness (QED) is 0.673. The van der Waals surface area contributed by atoms with E-state index in [1.165, 1.54) is 0 Å². The third-order valence-electron chi connectivity index (χ3n) is 1.97. The van der Waals surface area contributed by atoms with Gasteiger partial charge in [-0.25, -0.2) is 4.79 Å². The van der Waals surface area contributed by atoms with Crippen molar-refractivity contribution in [2.75, 3.05) is 6.61 Å². The molecule has 4 nitrogen and oxygen atoms in total. The van der Waals surface area contributed by atoms with Gasteiger partial charge in [-0.15, -0.1) is 0 Å². The smallest absolute Gasteiger partial charge is 0.434 e. The van der Waals surface area contributed by atoms with Crippen LogP contribution in [-0.4, -0.2) is 24.0 Å². The molecule has 0 fully saturated rings. The number of carbonyl (C=O) groups excluding carboxylic acids is 1. The Hall–Kier alpha value is -1.76. The molecular formula is C11H11F3O4. The van der Waals surface area contributed by atoms with Crippen LogP contribution in [0.15, 0.2) is 24.3 Å². The monoisotopic (exact) mass is 264 g/mol. The van der Waals surface area contributed by atoms with Crippen molar-refractivity contribution < 1.29 is 32.5 Å². The number of aliphatic hydroxyl groups is 1. The van der Waals surface area contributed by atoms with E-state index in [0.717, 1.165) is 24.3 Å². The second-order valence-electron chi connectivity index (χ2n) is 3.30. The van der Waals surface area contributed by atoms with Crippen LogP contribution in [0, 0.1) is 0 Å². The molecule has 0 bridgehead atoms.